The Balaban J connectivity index is 1.73. The van der Waals surface area contributed by atoms with Crippen LogP contribution in [-0.2, 0) is 4.74 Å². The first-order chi connectivity index (χ1) is 17.8. The number of anilines is 2. The molecule has 1 aliphatic heterocycles. The SMILES string of the molecule is COC(=O)Nc1ncc(F)cc1-c1ccc2ncc(-c3cc(C)cc(F)c3)c(N3CCC(N)CC3)c2c1. The Morgan fingerprint density at radius 3 is 2.51 bits per heavy atom. The second kappa shape index (κ2) is 10.1. The third kappa shape index (κ3) is 5.08. The van der Waals surface area contributed by atoms with E-state index in [1.54, 1.807) is 12.3 Å². The van der Waals surface area contributed by atoms with Gasteiger partial charge >= 0.3 is 6.09 Å². The minimum atomic E-state index is -0.711. The predicted octanol–water partition coefficient (Wildman–Crippen LogP) is 5.66. The molecule has 7 nitrogen and oxygen atoms in total. The van der Waals surface area contributed by atoms with Crippen LogP contribution in [0.5, 0.6) is 0 Å². The maximum absolute atomic E-state index is 14.4. The number of ether oxygens (including phenoxy) is 1. The van der Waals surface area contributed by atoms with Gasteiger partial charge < -0.3 is 15.4 Å². The minimum Gasteiger partial charge on any atom is -0.453 e. The molecular weight excluding hydrogens is 476 g/mol. The molecule has 0 spiro atoms. The molecule has 4 aromatic rings. The van der Waals surface area contributed by atoms with Gasteiger partial charge in [0.2, 0.25) is 0 Å². The number of pyridine rings is 2. The first-order valence-corrected chi connectivity index (χ1v) is 12.0. The van der Waals surface area contributed by atoms with Crippen molar-refractivity contribution in [3.05, 3.63) is 72.1 Å². The van der Waals surface area contributed by atoms with E-state index in [4.69, 9.17) is 10.5 Å². The van der Waals surface area contributed by atoms with Crippen molar-refractivity contribution in [3.63, 3.8) is 0 Å². The van der Waals surface area contributed by atoms with Crippen LogP contribution >= 0.6 is 0 Å². The van der Waals surface area contributed by atoms with E-state index in [-0.39, 0.29) is 17.7 Å². The highest BCUT2D eigenvalue weighted by Gasteiger charge is 2.23. The average molecular weight is 504 g/mol. The second-order valence-electron chi connectivity index (χ2n) is 9.26. The van der Waals surface area contributed by atoms with Gasteiger partial charge in [-0.15, -0.1) is 0 Å². The maximum Gasteiger partial charge on any atom is 0.412 e. The Labute approximate surface area is 213 Å². The number of carbonyl (C=O) groups excluding carboxylic acids is 1. The van der Waals surface area contributed by atoms with E-state index in [2.05, 4.69) is 20.2 Å². The Morgan fingerprint density at radius 2 is 1.78 bits per heavy atom. The number of methoxy groups -OCH3 is 1. The van der Waals surface area contributed by atoms with Gasteiger partial charge in [-0.3, -0.25) is 10.3 Å². The third-order valence-corrected chi connectivity index (χ3v) is 6.62. The largest absolute Gasteiger partial charge is 0.453 e. The highest BCUT2D eigenvalue weighted by Crippen LogP contribution is 2.40. The topological polar surface area (TPSA) is 93.4 Å². The van der Waals surface area contributed by atoms with Gasteiger partial charge in [0.1, 0.15) is 17.5 Å². The fraction of sp³-hybridized carbons (Fsp3) is 0.250. The molecule has 0 radical (unpaired) electrons. The van der Waals surface area contributed by atoms with Gasteiger partial charge in [0.05, 0.1) is 24.5 Å². The molecule has 1 saturated heterocycles. The van der Waals surface area contributed by atoms with Crippen molar-refractivity contribution in [2.24, 2.45) is 5.73 Å². The van der Waals surface area contributed by atoms with Gasteiger partial charge in [0, 0.05) is 41.8 Å². The molecule has 2 aromatic carbocycles. The smallest absolute Gasteiger partial charge is 0.412 e. The summed E-state index contributed by atoms with van der Waals surface area (Å²) in [5.41, 5.74) is 11.2. The molecule has 3 N–H and O–H groups in total. The summed E-state index contributed by atoms with van der Waals surface area (Å²) in [5.74, 6) is -0.694. The molecular formula is C28H27F2N5O2. The van der Waals surface area contributed by atoms with Gasteiger partial charge in [0.15, 0.2) is 0 Å². The minimum absolute atomic E-state index is 0.130. The normalized spacial score (nSPS) is 14.1. The Morgan fingerprint density at radius 1 is 1.00 bits per heavy atom. The van der Waals surface area contributed by atoms with E-state index in [0.717, 1.165) is 65.4 Å². The van der Waals surface area contributed by atoms with Crippen LogP contribution in [0.4, 0.5) is 25.1 Å². The lowest BCUT2D eigenvalue weighted by molar-refractivity contribution is 0.187. The highest BCUT2D eigenvalue weighted by molar-refractivity contribution is 6.02. The van der Waals surface area contributed by atoms with Crippen molar-refractivity contribution in [3.8, 4) is 22.3 Å². The van der Waals surface area contributed by atoms with E-state index in [9.17, 15) is 13.6 Å². The second-order valence-corrected chi connectivity index (χ2v) is 9.26. The van der Waals surface area contributed by atoms with Crippen LogP contribution in [0.2, 0.25) is 0 Å². The van der Waals surface area contributed by atoms with Crippen molar-refractivity contribution in [2.45, 2.75) is 25.8 Å². The summed E-state index contributed by atoms with van der Waals surface area (Å²) >= 11 is 0. The lowest BCUT2D eigenvalue weighted by atomic mass is 9.95. The standard InChI is InChI=1S/C28H27F2N5O2/c1-16-9-18(11-19(29)10-16)24-15-32-25-4-3-17(12-23(25)26(24)35-7-5-21(31)6-8-35)22-13-20(30)14-33-27(22)34-28(36)37-2/h3-4,9-15,21H,5-8,31H2,1-2H3,(H,33,34,36). The number of amides is 1. The summed E-state index contributed by atoms with van der Waals surface area (Å²) in [6.07, 6.45) is 3.74. The molecule has 5 rings (SSSR count). The van der Waals surface area contributed by atoms with Crippen LogP contribution in [-0.4, -0.2) is 42.3 Å². The van der Waals surface area contributed by atoms with Crippen molar-refractivity contribution in [1.29, 1.82) is 0 Å². The number of piperidine rings is 1. The lowest BCUT2D eigenvalue weighted by Gasteiger charge is -2.34. The first kappa shape index (κ1) is 24.6. The van der Waals surface area contributed by atoms with E-state index >= 15 is 0 Å². The van der Waals surface area contributed by atoms with Crippen LogP contribution in [0, 0.1) is 18.6 Å². The molecule has 0 aliphatic carbocycles. The Hall–Kier alpha value is -4.11. The van der Waals surface area contributed by atoms with E-state index in [1.165, 1.54) is 25.3 Å². The van der Waals surface area contributed by atoms with E-state index in [0.29, 0.717) is 11.1 Å². The molecule has 1 amide bonds. The lowest BCUT2D eigenvalue weighted by Crippen LogP contribution is -2.40. The first-order valence-electron chi connectivity index (χ1n) is 12.0. The molecule has 0 bridgehead atoms. The maximum atomic E-state index is 14.4. The van der Waals surface area contributed by atoms with Crippen LogP contribution in [0.25, 0.3) is 33.2 Å². The number of fused-ring (bicyclic) bond motifs is 1. The number of aromatic nitrogens is 2. The monoisotopic (exact) mass is 503 g/mol. The highest BCUT2D eigenvalue weighted by atomic mass is 19.1. The summed E-state index contributed by atoms with van der Waals surface area (Å²) in [4.78, 5) is 22.9. The van der Waals surface area contributed by atoms with Crippen molar-refractivity contribution >= 4 is 28.5 Å². The van der Waals surface area contributed by atoms with Gasteiger partial charge in [-0.1, -0.05) is 12.1 Å². The van der Waals surface area contributed by atoms with Crippen LogP contribution in [0.15, 0.2) is 54.9 Å². The zero-order valence-electron chi connectivity index (χ0n) is 20.6. The average Bonchev–Trinajstić information content (AvgIpc) is 2.88. The van der Waals surface area contributed by atoms with Gasteiger partial charge in [-0.25, -0.2) is 18.6 Å². The number of hydrogen-bond donors (Lipinski definition) is 2. The summed E-state index contributed by atoms with van der Waals surface area (Å²) in [5, 5.41) is 3.37. The molecule has 190 valence electrons. The number of hydrogen-bond acceptors (Lipinski definition) is 6. The number of nitrogens with one attached hydrogen (secondary N) is 1. The molecule has 1 fully saturated rings. The third-order valence-electron chi connectivity index (χ3n) is 6.62. The van der Waals surface area contributed by atoms with Crippen LogP contribution in [0.1, 0.15) is 18.4 Å². The zero-order chi connectivity index (χ0) is 26.1. The van der Waals surface area contributed by atoms with Crippen LogP contribution in [0.3, 0.4) is 0 Å². The number of aryl methyl sites for hydroxylation is 1. The van der Waals surface area contributed by atoms with Crippen molar-refractivity contribution < 1.29 is 18.3 Å². The summed E-state index contributed by atoms with van der Waals surface area (Å²) in [6.45, 7) is 3.33. The molecule has 37 heavy (non-hydrogen) atoms. The molecule has 2 aromatic heterocycles. The molecule has 9 heteroatoms. The number of rotatable bonds is 4. The summed E-state index contributed by atoms with van der Waals surface area (Å²) in [7, 11) is 1.24. The van der Waals surface area contributed by atoms with E-state index in [1.807, 2.05) is 25.1 Å². The molecule has 1 aliphatic rings. The fourth-order valence-corrected chi connectivity index (χ4v) is 4.82. The number of carbonyl (C=O) groups is 1. The molecule has 0 unspecified atom stereocenters. The summed E-state index contributed by atoms with van der Waals surface area (Å²) in [6, 6.07) is 11.9. The zero-order valence-corrected chi connectivity index (χ0v) is 20.6. The van der Waals surface area contributed by atoms with E-state index < -0.39 is 11.9 Å². The number of halogens is 2. The molecule has 0 atom stereocenters. The summed E-state index contributed by atoms with van der Waals surface area (Å²) < 4.78 is 33.4. The van der Waals surface area contributed by atoms with Crippen molar-refractivity contribution in [2.75, 3.05) is 30.4 Å². The van der Waals surface area contributed by atoms with Gasteiger partial charge in [-0.05, 0) is 66.8 Å². The number of benzene rings is 2. The number of nitrogens with zero attached hydrogens (tertiary/aromatic N) is 3. The van der Waals surface area contributed by atoms with Gasteiger partial charge in [-0.2, -0.15) is 0 Å². The quantitative estimate of drug-likeness (QED) is 0.374. The van der Waals surface area contributed by atoms with Crippen molar-refractivity contribution in [1.82, 2.24) is 9.97 Å². The molecule has 0 saturated carbocycles. The predicted molar refractivity (Wildman–Crippen MR) is 141 cm³/mol. The van der Waals surface area contributed by atoms with Gasteiger partial charge in [0.25, 0.3) is 0 Å². The number of nitrogens with two attached hydrogens (primary N) is 1. The van der Waals surface area contributed by atoms with Crippen LogP contribution < -0.4 is 16.0 Å². The Kier molecular flexibility index (Phi) is 6.71. The molecule has 3 heterocycles. The Bertz CT molecular complexity index is 1470. The fourth-order valence-electron chi connectivity index (χ4n) is 4.82.